The molecule has 8 nitrogen and oxygen atoms in total. The third-order valence-corrected chi connectivity index (χ3v) is 5.41. The maximum Gasteiger partial charge on any atom is 0.311 e. The van der Waals surface area contributed by atoms with Gasteiger partial charge in [0, 0.05) is 34.2 Å². The van der Waals surface area contributed by atoms with Crippen molar-refractivity contribution in [2.24, 2.45) is 0 Å². The van der Waals surface area contributed by atoms with E-state index in [1.807, 2.05) is 54.6 Å². The standard InChI is InChI=1S/C26H17N5O3/c32-31(33)24-3-1-2-4-25(24)34-26-15-22-13-20-8-7-18(28-20)11-16-5-6-17(27-16)12-19-9-10-21(29-19)14-23(26)30-22/h1-15,27-28H. The van der Waals surface area contributed by atoms with Gasteiger partial charge in [0.15, 0.2) is 5.76 Å². The number of ether oxygens (including phenoxy) is 1. The number of hydrogen-bond acceptors (Lipinski definition) is 5. The summed E-state index contributed by atoms with van der Waals surface area (Å²) in [5.41, 5.74) is 6.29. The molecule has 2 N–H and O–H groups in total. The Kier molecular flexibility index (Phi) is 4.55. The molecule has 0 saturated carbocycles. The van der Waals surface area contributed by atoms with Gasteiger partial charge in [0.25, 0.3) is 0 Å². The van der Waals surface area contributed by atoms with Gasteiger partial charge in [0.05, 0.1) is 22.0 Å². The van der Waals surface area contributed by atoms with E-state index in [1.165, 1.54) is 6.07 Å². The van der Waals surface area contributed by atoms with Crippen LogP contribution in [0.25, 0.3) is 46.1 Å². The van der Waals surface area contributed by atoms with Gasteiger partial charge in [0.1, 0.15) is 5.69 Å². The van der Waals surface area contributed by atoms with Gasteiger partial charge in [-0.15, -0.1) is 0 Å². The molecule has 0 saturated heterocycles. The first-order valence-electron chi connectivity index (χ1n) is 10.6. The largest absolute Gasteiger partial charge is 0.448 e. The van der Waals surface area contributed by atoms with Crippen molar-refractivity contribution in [3.05, 3.63) is 106 Å². The van der Waals surface area contributed by atoms with Crippen molar-refractivity contribution in [3.63, 3.8) is 0 Å². The van der Waals surface area contributed by atoms with Gasteiger partial charge >= 0.3 is 5.69 Å². The number of nitrogens with one attached hydrogen (secondary N) is 2. The maximum absolute atomic E-state index is 11.5. The summed E-state index contributed by atoms with van der Waals surface area (Å²) < 4.78 is 5.99. The van der Waals surface area contributed by atoms with Gasteiger partial charge < -0.3 is 14.7 Å². The van der Waals surface area contributed by atoms with E-state index in [0.717, 1.165) is 27.8 Å². The van der Waals surface area contributed by atoms with Crippen molar-refractivity contribution < 1.29 is 9.66 Å². The van der Waals surface area contributed by atoms with Crippen molar-refractivity contribution in [2.45, 2.75) is 0 Å². The molecule has 0 unspecified atom stereocenters. The smallest absolute Gasteiger partial charge is 0.311 e. The third-order valence-electron chi connectivity index (χ3n) is 5.41. The second-order valence-electron chi connectivity index (χ2n) is 7.87. The summed E-state index contributed by atoms with van der Waals surface area (Å²) in [4.78, 5) is 27.1. The third kappa shape index (κ3) is 3.84. The zero-order valence-electron chi connectivity index (χ0n) is 17.7. The second kappa shape index (κ2) is 7.86. The van der Waals surface area contributed by atoms with Crippen LogP contribution in [-0.4, -0.2) is 24.9 Å². The van der Waals surface area contributed by atoms with Crippen LogP contribution in [-0.2, 0) is 0 Å². The van der Waals surface area contributed by atoms with Crippen LogP contribution < -0.4 is 4.74 Å². The molecule has 164 valence electrons. The Hall–Kier alpha value is -4.98. The van der Waals surface area contributed by atoms with E-state index >= 15 is 0 Å². The Morgan fingerprint density at radius 1 is 0.735 bits per heavy atom. The van der Waals surface area contributed by atoms with Crippen LogP contribution in [0.3, 0.4) is 0 Å². The monoisotopic (exact) mass is 447 g/mol. The van der Waals surface area contributed by atoms with Crippen LogP contribution in [0.1, 0.15) is 22.8 Å². The van der Waals surface area contributed by atoms with Crippen molar-refractivity contribution in [1.82, 2.24) is 19.9 Å². The molecular formula is C26H17N5O3. The molecule has 5 heterocycles. The van der Waals surface area contributed by atoms with E-state index in [9.17, 15) is 10.1 Å². The van der Waals surface area contributed by atoms with Gasteiger partial charge in [-0.05, 0) is 66.7 Å². The Bertz CT molecular complexity index is 1680. The van der Waals surface area contributed by atoms with Crippen molar-refractivity contribution in [1.29, 1.82) is 0 Å². The number of rotatable bonds is 3. The summed E-state index contributed by atoms with van der Waals surface area (Å²) >= 11 is 0. The highest BCUT2D eigenvalue weighted by Crippen LogP contribution is 2.32. The summed E-state index contributed by atoms with van der Waals surface area (Å²) in [5.74, 6) is 0.556. The molecule has 0 amide bonds. The minimum Gasteiger partial charge on any atom is -0.448 e. The Morgan fingerprint density at radius 3 is 2.06 bits per heavy atom. The number of aromatic nitrogens is 4. The molecular weight excluding hydrogens is 430 g/mol. The number of aromatic amines is 2. The lowest BCUT2D eigenvalue weighted by Crippen LogP contribution is -1.97. The molecule has 2 aliphatic rings. The van der Waals surface area contributed by atoms with Crippen molar-refractivity contribution in [3.8, 4) is 5.75 Å². The van der Waals surface area contributed by atoms with Crippen LogP contribution in [0, 0.1) is 10.1 Å². The zero-order chi connectivity index (χ0) is 23.1. The molecule has 0 spiro atoms. The molecule has 6 rings (SSSR count). The highest BCUT2D eigenvalue weighted by atomic mass is 16.6. The van der Waals surface area contributed by atoms with Crippen molar-refractivity contribution in [2.75, 3.05) is 0 Å². The molecule has 3 aromatic heterocycles. The average Bonchev–Trinajstić information content (AvgIpc) is 3.60. The first-order valence-corrected chi connectivity index (χ1v) is 10.6. The molecule has 8 bridgehead atoms. The number of fused-ring (bicyclic) bond motifs is 8. The summed E-state index contributed by atoms with van der Waals surface area (Å²) in [6.07, 6.45) is 5.57. The van der Waals surface area contributed by atoms with Gasteiger partial charge in [-0.3, -0.25) is 10.1 Å². The average molecular weight is 447 g/mol. The van der Waals surface area contributed by atoms with Gasteiger partial charge in [0.2, 0.25) is 5.75 Å². The first kappa shape index (κ1) is 19.7. The number of nitro benzene ring substituents is 1. The number of H-pyrrole nitrogens is 2. The minimum atomic E-state index is -0.465. The lowest BCUT2D eigenvalue weighted by Gasteiger charge is -2.06. The summed E-state index contributed by atoms with van der Waals surface area (Å²) in [6, 6.07) is 21.9. The summed E-state index contributed by atoms with van der Waals surface area (Å²) in [7, 11) is 0. The molecule has 0 radical (unpaired) electrons. The van der Waals surface area contributed by atoms with Crippen LogP contribution in [0.4, 0.5) is 5.69 Å². The lowest BCUT2D eigenvalue weighted by atomic mass is 10.2. The lowest BCUT2D eigenvalue weighted by molar-refractivity contribution is -0.385. The highest BCUT2D eigenvalue weighted by molar-refractivity contribution is 5.83. The normalized spacial score (nSPS) is 12.4. The van der Waals surface area contributed by atoms with E-state index in [2.05, 4.69) is 15.0 Å². The molecule has 2 aliphatic heterocycles. The summed E-state index contributed by atoms with van der Waals surface area (Å²) in [6.45, 7) is 0. The summed E-state index contributed by atoms with van der Waals surface area (Å²) in [5, 5.41) is 11.5. The SMILES string of the molecule is O=[N+]([O-])c1ccccc1OC1=Cc2cc3ccc(cc4ccc(cc5nc(cc1n2)C=C5)[nH]4)[nH]3. The molecule has 0 aliphatic carbocycles. The number of para-hydroxylation sites is 2. The van der Waals surface area contributed by atoms with Crippen LogP contribution in [0.5, 0.6) is 5.75 Å². The number of nitro groups is 1. The predicted molar refractivity (Wildman–Crippen MR) is 132 cm³/mol. The number of nitrogens with zero attached hydrogens (tertiary/aromatic N) is 3. The zero-order valence-corrected chi connectivity index (χ0v) is 17.7. The Morgan fingerprint density at radius 2 is 1.35 bits per heavy atom. The van der Waals surface area contributed by atoms with E-state index in [4.69, 9.17) is 9.72 Å². The van der Waals surface area contributed by atoms with Gasteiger partial charge in [-0.1, -0.05) is 12.1 Å². The Balaban J connectivity index is 1.55. The van der Waals surface area contributed by atoms with Crippen molar-refractivity contribution >= 4 is 51.7 Å². The quantitative estimate of drug-likeness (QED) is 0.261. The second-order valence-corrected chi connectivity index (χ2v) is 7.87. The topological polar surface area (TPSA) is 110 Å². The Labute approximate surface area is 193 Å². The molecule has 4 aromatic rings. The number of hydrogen-bond donors (Lipinski definition) is 2. The van der Waals surface area contributed by atoms with E-state index in [-0.39, 0.29) is 11.4 Å². The molecule has 34 heavy (non-hydrogen) atoms. The van der Waals surface area contributed by atoms with E-state index in [0.29, 0.717) is 22.8 Å². The van der Waals surface area contributed by atoms with E-state index in [1.54, 1.807) is 30.3 Å². The van der Waals surface area contributed by atoms with Gasteiger partial charge in [-0.2, -0.15) is 0 Å². The van der Waals surface area contributed by atoms with Crippen LogP contribution >= 0.6 is 0 Å². The fraction of sp³-hybridized carbons (Fsp3) is 0. The number of benzene rings is 1. The maximum atomic E-state index is 11.5. The molecule has 0 atom stereocenters. The molecule has 1 aromatic carbocycles. The van der Waals surface area contributed by atoms with Gasteiger partial charge in [-0.25, -0.2) is 9.97 Å². The fourth-order valence-corrected chi connectivity index (χ4v) is 3.88. The predicted octanol–water partition coefficient (Wildman–Crippen LogP) is 5.97. The fourth-order valence-electron chi connectivity index (χ4n) is 3.88. The molecule has 0 fully saturated rings. The van der Waals surface area contributed by atoms with Crippen LogP contribution in [0.2, 0.25) is 0 Å². The molecule has 8 heteroatoms. The minimum absolute atomic E-state index is 0.114. The van der Waals surface area contributed by atoms with Crippen LogP contribution in [0.15, 0.2) is 72.8 Å². The first-order chi connectivity index (χ1) is 16.6. The van der Waals surface area contributed by atoms with E-state index < -0.39 is 4.92 Å². The highest BCUT2D eigenvalue weighted by Gasteiger charge is 2.19.